The van der Waals surface area contributed by atoms with E-state index in [2.05, 4.69) is 460 Å². The zero-order chi connectivity index (χ0) is 97.0. The highest BCUT2D eigenvalue weighted by Crippen LogP contribution is 2.51. The number of likely N-dealkylation sites (tertiary alicyclic amines) is 3. The smallest absolute Gasteiger partial charge is 0.226 e. The van der Waals surface area contributed by atoms with Crippen LogP contribution in [-0.2, 0) is 53.0 Å². The van der Waals surface area contributed by atoms with Gasteiger partial charge in [-0.25, -0.2) is 15.0 Å². The molecule has 0 bridgehead atoms. The molecule has 13 unspecified atom stereocenters. The molecular weight excluding hydrogens is 1500 g/mol. The first-order chi connectivity index (χ1) is 52.8. The molecule has 0 spiro atoms. The Hall–Kier alpha value is -3.74. The maximum atomic E-state index is 12.3. The van der Waals surface area contributed by atoms with Gasteiger partial charge in [0.15, 0.2) is 11.8 Å². The lowest BCUT2D eigenvalue weighted by Crippen LogP contribution is -2.49. The summed E-state index contributed by atoms with van der Waals surface area (Å²) in [6.07, 6.45) is 0.212. The number of aliphatic imine (C=N–C) groups is 1. The largest absolute Gasteiger partial charge is 0.475 e. The quantitative estimate of drug-likeness (QED) is 0.171. The van der Waals surface area contributed by atoms with Gasteiger partial charge in [0.1, 0.15) is 23.4 Å². The first kappa shape index (κ1) is 115. The number of ether oxygens (including phenoxy) is 1. The predicted molar refractivity (Wildman–Crippen MR) is 535 cm³/mol. The van der Waals surface area contributed by atoms with E-state index in [0.29, 0.717) is 52.9 Å². The highest BCUT2D eigenvalue weighted by Gasteiger charge is 2.54. The zero-order valence-corrected chi connectivity index (χ0v) is 93.5. The van der Waals surface area contributed by atoms with Crippen molar-refractivity contribution in [2.75, 3.05) is 0 Å². The first-order valence-corrected chi connectivity index (χ1v) is 48.1. The van der Waals surface area contributed by atoms with Crippen molar-refractivity contribution in [1.82, 2.24) is 29.2 Å². The maximum absolute atomic E-state index is 12.3. The number of furan rings is 1. The number of oxazole rings is 1. The monoisotopic (exact) mass is 1710 g/mol. The minimum atomic E-state index is -0.0647. The number of carbonyl (C=O) groups is 1. The van der Waals surface area contributed by atoms with E-state index in [-0.39, 0.29) is 94.4 Å². The Morgan fingerprint density at radius 1 is 0.339 bits per heavy atom. The number of aryl methyl sites for hydroxylation is 3. The number of rotatable bonds is 0. The van der Waals surface area contributed by atoms with Crippen LogP contribution in [0.3, 0.4) is 0 Å². The predicted octanol–water partition coefficient (Wildman–Crippen LogP) is 31.5. The second kappa shape index (κ2) is 39.3. The lowest BCUT2D eigenvalue weighted by atomic mass is 9.71. The molecule has 0 radical (unpaired) electrons. The molecule has 4 aromatic rings. The van der Waals surface area contributed by atoms with E-state index in [1.165, 1.54) is 49.2 Å². The number of amides is 1. The van der Waals surface area contributed by atoms with Gasteiger partial charge < -0.3 is 23.0 Å². The van der Waals surface area contributed by atoms with Crippen LogP contribution in [-0.4, -0.2) is 100 Å². The average molecular weight is 1710 g/mol. The molecule has 12 heteroatoms. The van der Waals surface area contributed by atoms with Gasteiger partial charge in [-0.3, -0.25) is 14.6 Å². The van der Waals surface area contributed by atoms with Gasteiger partial charge in [-0.2, -0.15) is 0 Å². The molecule has 8 rings (SSSR count). The minimum absolute atomic E-state index is 0.00569. The highest BCUT2D eigenvalue weighted by atomic mass is 32.1. The SMILES string of the molecule is CC1C(=O)N(C(C)(C)C)C(C)C1C(C)(C)C.CC1C(C)N(C(C)(C)C)C(C)C1C(C)(C)C.CC1C(C)N(C(C)(C)C)C(C)C1C(C)(C)C.CC1OC(C(C)(C)C)=NC1C(C)(C)C.Cc1c(C(C)(C)C)c(C)n(C(C)(C)C)c1C.Cc1oc(C(C)(C)C)c(C)c1C(C)(C)C.Cc1oc(C(C)(C)C)nc1C(C)(C)C.Cc1sc(C(C)(C)C)nc1C(C)(C)C. The van der Waals surface area contributed by atoms with Gasteiger partial charge in [0.05, 0.1) is 22.4 Å². The Labute approximate surface area is 757 Å². The fraction of sp³-hybridized carbons (Fsp3) is 0.853. The van der Waals surface area contributed by atoms with Crippen LogP contribution < -0.4 is 0 Å². The van der Waals surface area contributed by atoms with E-state index in [1.54, 1.807) is 0 Å². The molecular formula is C109H205N7O4S. The number of hydrogen-bond donors (Lipinski definition) is 0. The summed E-state index contributed by atoms with van der Waals surface area (Å²) in [4.78, 5) is 35.3. The summed E-state index contributed by atoms with van der Waals surface area (Å²) in [5.74, 6) is 8.96. The Bertz CT molecular complexity index is 3730. The van der Waals surface area contributed by atoms with E-state index in [4.69, 9.17) is 23.5 Å². The molecule has 0 aromatic carbocycles. The average Bonchev–Trinajstić information content (AvgIpc) is 1.62. The minimum Gasteiger partial charge on any atom is -0.475 e. The number of thiazole rings is 1. The van der Waals surface area contributed by atoms with Crippen molar-refractivity contribution in [3.63, 3.8) is 0 Å². The maximum Gasteiger partial charge on any atom is 0.226 e. The van der Waals surface area contributed by atoms with Gasteiger partial charge in [0.2, 0.25) is 5.91 Å². The van der Waals surface area contributed by atoms with Crippen LogP contribution in [0.25, 0.3) is 0 Å². The van der Waals surface area contributed by atoms with Crippen LogP contribution in [0.2, 0.25) is 0 Å². The van der Waals surface area contributed by atoms with Crippen molar-refractivity contribution in [3.8, 4) is 0 Å². The summed E-state index contributed by atoms with van der Waals surface area (Å²) < 4.78 is 19.9. The van der Waals surface area contributed by atoms with Crippen LogP contribution in [0.1, 0.15) is 473 Å². The van der Waals surface area contributed by atoms with E-state index in [1.807, 2.05) is 18.3 Å². The number of hydrogen-bond acceptors (Lipinski definition) is 10. The van der Waals surface area contributed by atoms with Crippen LogP contribution in [0.15, 0.2) is 13.8 Å². The molecule has 0 aliphatic carbocycles. The first-order valence-electron chi connectivity index (χ1n) is 47.2. The van der Waals surface area contributed by atoms with E-state index in [9.17, 15) is 4.79 Å². The van der Waals surface area contributed by atoms with E-state index in [0.717, 1.165) is 58.4 Å². The highest BCUT2D eigenvalue weighted by molar-refractivity contribution is 7.11. The summed E-state index contributed by atoms with van der Waals surface area (Å²) >= 11 is 1.84. The lowest BCUT2D eigenvalue weighted by Gasteiger charge is -2.41. The third-order valence-corrected chi connectivity index (χ3v) is 27.2. The van der Waals surface area contributed by atoms with Crippen molar-refractivity contribution in [2.24, 2.45) is 67.6 Å². The third kappa shape index (κ3) is 30.2. The Balaban J connectivity index is 0.000000692. The molecule has 13 atom stereocenters. The molecule has 1 amide bonds. The van der Waals surface area contributed by atoms with Gasteiger partial charge in [-0.1, -0.05) is 270 Å². The van der Waals surface area contributed by atoms with Crippen LogP contribution >= 0.6 is 11.3 Å². The molecule has 3 saturated heterocycles. The normalized spacial score (nSPS) is 24.2. The molecule has 706 valence electrons. The molecule has 0 N–H and O–H groups in total. The van der Waals surface area contributed by atoms with Crippen molar-refractivity contribution >= 4 is 23.1 Å². The van der Waals surface area contributed by atoms with E-state index >= 15 is 0 Å². The summed E-state index contributed by atoms with van der Waals surface area (Å²) in [5, 5.41) is 1.25. The molecule has 121 heavy (non-hydrogen) atoms. The molecule has 3 fully saturated rings. The van der Waals surface area contributed by atoms with Crippen LogP contribution in [0, 0.1) is 111 Å². The van der Waals surface area contributed by atoms with Gasteiger partial charge in [-0.15, -0.1) is 11.3 Å². The second-order valence-corrected chi connectivity index (χ2v) is 55.7. The molecule has 11 nitrogen and oxygen atoms in total. The Morgan fingerprint density at radius 3 is 0.893 bits per heavy atom. The topological polar surface area (TPSA) is 105 Å². The fourth-order valence-corrected chi connectivity index (χ4v) is 23.4. The second-order valence-electron chi connectivity index (χ2n) is 54.5. The van der Waals surface area contributed by atoms with Crippen LogP contribution in [0.4, 0.5) is 0 Å². The van der Waals surface area contributed by atoms with Crippen molar-refractivity contribution in [2.45, 2.75) is 546 Å². The fourth-order valence-electron chi connectivity index (χ4n) is 22.3. The molecule has 4 aliphatic rings. The number of nitrogens with zero attached hydrogens (tertiary/aromatic N) is 7. The third-order valence-electron chi connectivity index (χ3n) is 25.8. The van der Waals surface area contributed by atoms with Crippen molar-refractivity contribution < 1.29 is 18.4 Å². The molecule has 4 aromatic heterocycles. The van der Waals surface area contributed by atoms with Crippen molar-refractivity contribution in [1.29, 1.82) is 0 Å². The number of carbonyl (C=O) groups excluding carboxylic acids is 1. The number of aromatic nitrogens is 3. The standard InChI is InChI=1S/2C15H31N.C15H27N.C14H27NO.C14H24O.C12H23NO.C12H21NO.C12H21NS/c3*1-10-11(2)16(15(7,8)9)12(3)13(10)14(4,5)6;1-9-11(13(3,4)5)10(2)15(12(9)16)14(6,7)8;1-9-11(13(3,4)5)10(2)15-12(9)14(6,7)8;3*1-8-9(11(2,3)4)13-10(14-8)12(5,6)7/h2*10-13H,1-9H3;1-9H3;9-11H,1-8H3;1-8H3;8-9H,1-7H3;2*1-7H3. The molecule has 0 saturated carbocycles. The summed E-state index contributed by atoms with van der Waals surface area (Å²) in [6.45, 7) is 144. The van der Waals surface area contributed by atoms with Gasteiger partial charge in [0, 0.05) is 113 Å². The van der Waals surface area contributed by atoms with Crippen molar-refractivity contribution in [3.05, 3.63) is 78.1 Å². The van der Waals surface area contributed by atoms with E-state index < -0.39 is 0 Å². The molecule has 4 aliphatic heterocycles. The lowest BCUT2D eigenvalue weighted by molar-refractivity contribution is -0.136. The van der Waals surface area contributed by atoms with Crippen LogP contribution in [0.5, 0.6) is 0 Å². The van der Waals surface area contributed by atoms with Gasteiger partial charge >= 0.3 is 0 Å². The van der Waals surface area contributed by atoms with Gasteiger partial charge in [0.25, 0.3) is 0 Å². The Morgan fingerprint density at radius 2 is 0.719 bits per heavy atom. The summed E-state index contributed by atoms with van der Waals surface area (Å²) in [6, 6.07) is 3.38. The van der Waals surface area contributed by atoms with Gasteiger partial charge in [-0.05, 0) is 252 Å². The zero-order valence-electron chi connectivity index (χ0n) is 92.7. The molecule has 8 heterocycles. The summed E-state index contributed by atoms with van der Waals surface area (Å²) in [7, 11) is 0. The Kier molecular flexibility index (Phi) is 37.4. The summed E-state index contributed by atoms with van der Waals surface area (Å²) in [5.41, 5.74) is 13.6.